The van der Waals surface area contributed by atoms with E-state index in [4.69, 9.17) is 11.6 Å². The normalized spacial score (nSPS) is 21.6. The Kier molecular flexibility index (Phi) is 5.44. The second-order valence-electron chi connectivity index (χ2n) is 10.4. The highest BCUT2D eigenvalue weighted by Crippen LogP contribution is 2.41. The van der Waals surface area contributed by atoms with Crippen molar-refractivity contribution in [3.63, 3.8) is 0 Å². The van der Waals surface area contributed by atoms with Crippen LogP contribution < -0.4 is 10.5 Å². The van der Waals surface area contributed by atoms with Gasteiger partial charge in [0.25, 0.3) is 5.56 Å². The van der Waals surface area contributed by atoms with Crippen LogP contribution in [0, 0.1) is 31.1 Å². The van der Waals surface area contributed by atoms with Crippen LogP contribution in [-0.4, -0.2) is 22.6 Å². The Morgan fingerprint density at radius 3 is 2.51 bits per heavy atom. The summed E-state index contributed by atoms with van der Waals surface area (Å²) in [6, 6.07) is 12.6. The lowest BCUT2D eigenvalue weighted by Gasteiger charge is -2.36. The molecule has 6 rings (SSSR count). The predicted molar refractivity (Wildman–Crippen MR) is 136 cm³/mol. The maximum absolute atomic E-state index is 14.7. The number of hydrogen-bond donors (Lipinski definition) is 0. The summed E-state index contributed by atoms with van der Waals surface area (Å²) < 4.78 is 16.3. The lowest BCUT2D eigenvalue weighted by molar-refractivity contribution is 0.322. The van der Waals surface area contributed by atoms with Gasteiger partial charge in [0.1, 0.15) is 17.5 Å². The summed E-state index contributed by atoms with van der Waals surface area (Å²) in [4.78, 5) is 24.4. The molecule has 0 radical (unpaired) electrons. The zero-order valence-corrected chi connectivity index (χ0v) is 20.0. The van der Waals surface area contributed by atoms with Gasteiger partial charge < -0.3 is 4.90 Å². The Balaban J connectivity index is 1.49. The average molecular weight is 469 g/mol. The largest absolute Gasteiger partial charge is 0.356 e. The van der Waals surface area contributed by atoms with Crippen LogP contribution in [0.25, 0.3) is 21.9 Å². The number of aromatic nitrogens is 2. The Labute approximate surface area is 205 Å². The highest BCUT2D eigenvalue weighted by molar-refractivity contribution is 5.66. The molecule has 2 unspecified atom stereocenters. The van der Waals surface area contributed by atoms with E-state index >= 15 is 0 Å². The minimum atomic E-state index is -0.601. The molecule has 1 aromatic heterocycles. The van der Waals surface area contributed by atoms with Gasteiger partial charge in [-0.1, -0.05) is 37.1 Å². The van der Waals surface area contributed by atoms with Gasteiger partial charge in [0, 0.05) is 18.7 Å². The van der Waals surface area contributed by atoms with Crippen molar-refractivity contribution >= 4 is 11.5 Å². The van der Waals surface area contributed by atoms with E-state index in [-0.39, 0.29) is 11.2 Å². The number of piperidine rings is 1. The molecule has 0 spiro atoms. The summed E-state index contributed by atoms with van der Waals surface area (Å²) in [5.74, 6) is 2.58. The fraction of sp³-hybridized carbons (Fsp3) is 0.414. The van der Waals surface area contributed by atoms with Crippen LogP contribution in [0.4, 0.5) is 15.9 Å². The summed E-state index contributed by atoms with van der Waals surface area (Å²) in [5, 5.41) is 0. The molecular formula is C29H29FN4O. The van der Waals surface area contributed by atoms with Gasteiger partial charge in [-0.2, -0.15) is 0 Å². The zero-order chi connectivity index (χ0) is 24.1. The molecule has 2 saturated carbocycles. The molecule has 0 N–H and O–H groups in total. The molecule has 35 heavy (non-hydrogen) atoms. The molecule has 2 heterocycles. The maximum atomic E-state index is 14.7. The summed E-state index contributed by atoms with van der Waals surface area (Å²) in [5.41, 5.74) is 2.96. The fourth-order valence-electron chi connectivity index (χ4n) is 6.01. The number of hydrogen-bond acceptors (Lipinski definition) is 3. The Hall–Kier alpha value is -3.46. The molecular weight excluding hydrogens is 439 g/mol. The average Bonchev–Trinajstić information content (AvgIpc) is 3.62. The first-order valence-electron chi connectivity index (χ1n) is 12.7. The lowest BCUT2D eigenvalue weighted by atomic mass is 9.88. The standard InChI is InChI=1S/C29H29FN4O/c1-18-27(33-15-14-19-4-3-5-23(19)17-33)32-28(22-10-13-26(31-2)25(30)16-22)34(29(18)35)24-11-8-21(9-12-24)20-6-7-20/h8-13,16,19-20,23H,3-7,14-15,17H2,1H3. The quantitative estimate of drug-likeness (QED) is 0.416. The first-order valence-corrected chi connectivity index (χ1v) is 12.7. The Morgan fingerprint density at radius 1 is 1.03 bits per heavy atom. The van der Waals surface area contributed by atoms with Gasteiger partial charge in [-0.15, -0.1) is 0 Å². The molecule has 5 nitrogen and oxygen atoms in total. The monoisotopic (exact) mass is 468 g/mol. The Bertz CT molecular complexity index is 1380. The fourth-order valence-corrected chi connectivity index (χ4v) is 6.01. The van der Waals surface area contributed by atoms with Gasteiger partial charge in [-0.05, 0) is 74.1 Å². The highest BCUT2D eigenvalue weighted by Gasteiger charge is 2.34. The summed E-state index contributed by atoms with van der Waals surface area (Å²) in [7, 11) is 0. The van der Waals surface area contributed by atoms with Crippen LogP contribution >= 0.6 is 0 Å². The van der Waals surface area contributed by atoms with Gasteiger partial charge >= 0.3 is 0 Å². The number of rotatable bonds is 4. The predicted octanol–water partition coefficient (Wildman–Crippen LogP) is 6.40. The molecule has 3 aromatic rings. The van der Waals surface area contributed by atoms with Crippen LogP contribution in [0.15, 0.2) is 47.3 Å². The van der Waals surface area contributed by atoms with E-state index in [1.807, 2.05) is 19.1 Å². The van der Waals surface area contributed by atoms with Crippen LogP contribution in [0.1, 0.15) is 55.6 Å². The van der Waals surface area contributed by atoms with Crippen molar-refractivity contribution in [2.75, 3.05) is 18.0 Å². The number of fused-ring (bicyclic) bond motifs is 1. The smallest absolute Gasteiger partial charge is 0.263 e. The van der Waals surface area contributed by atoms with Crippen molar-refractivity contribution in [3.05, 3.63) is 81.2 Å². The van der Waals surface area contributed by atoms with Crippen molar-refractivity contribution in [2.24, 2.45) is 11.8 Å². The third kappa shape index (κ3) is 3.93. The molecule has 2 aliphatic carbocycles. The SMILES string of the molecule is [C-]#[N+]c1ccc(-c2nc(N3CCC4CCCC4C3)c(C)c(=O)n2-c2ccc(C3CC3)cc2)cc1F. The van der Waals surface area contributed by atoms with E-state index in [0.717, 1.165) is 31.1 Å². The van der Waals surface area contributed by atoms with E-state index < -0.39 is 5.82 Å². The number of halogens is 1. The zero-order valence-electron chi connectivity index (χ0n) is 20.0. The molecule has 6 heteroatoms. The molecule has 178 valence electrons. The summed E-state index contributed by atoms with van der Waals surface area (Å²) in [6.07, 6.45) is 7.38. The molecule has 3 aliphatic rings. The van der Waals surface area contributed by atoms with Gasteiger partial charge in [-0.3, -0.25) is 9.36 Å². The molecule has 1 aliphatic heterocycles. The van der Waals surface area contributed by atoms with Crippen molar-refractivity contribution in [2.45, 2.75) is 51.4 Å². The van der Waals surface area contributed by atoms with Crippen LogP contribution in [0.2, 0.25) is 0 Å². The molecule has 2 aromatic carbocycles. The van der Waals surface area contributed by atoms with Crippen molar-refractivity contribution < 1.29 is 4.39 Å². The molecule has 0 bridgehead atoms. The first-order chi connectivity index (χ1) is 17.0. The summed E-state index contributed by atoms with van der Waals surface area (Å²) in [6.45, 7) is 10.9. The van der Waals surface area contributed by atoms with Crippen molar-refractivity contribution in [1.82, 2.24) is 9.55 Å². The second-order valence-corrected chi connectivity index (χ2v) is 10.4. The van der Waals surface area contributed by atoms with Crippen LogP contribution in [0.5, 0.6) is 0 Å². The first kappa shape index (κ1) is 22.0. The molecule has 3 fully saturated rings. The minimum absolute atomic E-state index is 0.0351. The molecule has 0 amide bonds. The Morgan fingerprint density at radius 2 is 1.80 bits per heavy atom. The second kappa shape index (κ2) is 8.64. The van der Waals surface area contributed by atoms with E-state index in [1.54, 1.807) is 10.6 Å². The molecule has 1 saturated heterocycles. The number of nitrogens with zero attached hydrogens (tertiary/aromatic N) is 4. The van der Waals surface area contributed by atoms with Crippen molar-refractivity contribution in [1.29, 1.82) is 0 Å². The third-order valence-electron chi connectivity index (χ3n) is 8.15. The topological polar surface area (TPSA) is 42.5 Å². The highest BCUT2D eigenvalue weighted by atomic mass is 19.1. The van der Waals surface area contributed by atoms with Gasteiger partial charge in [0.05, 0.1) is 17.8 Å². The lowest BCUT2D eigenvalue weighted by Crippen LogP contribution is -2.41. The van der Waals surface area contributed by atoms with Gasteiger partial charge in [0.2, 0.25) is 5.69 Å². The van der Waals surface area contributed by atoms with E-state index in [2.05, 4.69) is 21.9 Å². The van der Waals surface area contributed by atoms with Crippen LogP contribution in [-0.2, 0) is 0 Å². The van der Waals surface area contributed by atoms with E-state index in [0.29, 0.717) is 34.6 Å². The minimum Gasteiger partial charge on any atom is -0.356 e. The van der Waals surface area contributed by atoms with E-state index in [1.165, 1.54) is 49.8 Å². The maximum Gasteiger partial charge on any atom is 0.263 e. The number of anilines is 1. The van der Waals surface area contributed by atoms with Gasteiger partial charge in [0.15, 0.2) is 0 Å². The van der Waals surface area contributed by atoms with Crippen molar-refractivity contribution in [3.8, 4) is 17.1 Å². The molecule has 2 atom stereocenters. The third-order valence-corrected chi connectivity index (χ3v) is 8.15. The van der Waals surface area contributed by atoms with E-state index in [9.17, 15) is 9.18 Å². The number of benzene rings is 2. The van der Waals surface area contributed by atoms with Gasteiger partial charge in [-0.25, -0.2) is 14.2 Å². The van der Waals surface area contributed by atoms with Crippen LogP contribution in [0.3, 0.4) is 0 Å². The summed E-state index contributed by atoms with van der Waals surface area (Å²) >= 11 is 0.